The summed E-state index contributed by atoms with van der Waals surface area (Å²) >= 11 is 0. The number of pyridine rings is 2. The minimum absolute atomic E-state index is 0.205. The van der Waals surface area contributed by atoms with E-state index in [2.05, 4.69) is 38.0 Å². The van der Waals surface area contributed by atoms with Crippen molar-refractivity contribution >= 4 is 17.8 Å². The number of carboxylic acid groups (broad SMARTS) is 2. The van der Waals surface area contributed by atoms with Gasteiger partial charge in [0.15, 0.2) is 0 Å². The smallest absolute Gasteiger partial charge is 0.475 e. The average Bonchev–Trinajstić information content (AvgIpc) is 3.16. The lowest BCUT2D eigenvalue weighted by Gasteiger charge is -2.32. The molecule has 0 aromatic carbocycles. The number of alkyl halides is 6. The highest BCUT2D eigenvalue weighted by Crippen LogP contribution is 2.35. The van der Waals surface area contributed by atoms with Crippen LogP contribution in [0.5, 0.6) is 0 Å². The molecule has 15 heteroatoms. The Kier molecular flexibility index (Phi) is 10.8. The second kappa shape index (κ2) is 13.4. The van der Waals surface area contributed by atoms with E-state index in [4.69, 9.17) is 24.5 Å². The molecular weight excluding hydrogens is 526 g/mol. The van der Waals surface area contributed by atoms with E-state index in [-0.39, 0.29) is 5.41 Å². The quantitative estimate of drug-likeness (QED) is 0.553. The van der Waals surface area contributed by atoms with Crippen LogP contribution in [0.25, 0.3) is 0 Å². The highest BCUT2D eigenvalue weighted by atomic mass is 19.4. The van der Waals surface area contributed by atoms with Gasteiger partial charge in [-0.3, -0.25) is 9.88 Å². The molecule has 2 saturated heterocycles. The minimum Gasteiger partial charge on any atom is -0.475 e. The van der Waals surface area contributed by atoms with Crippen molar-refractivity contribution < 1.29 is 50.9 Å². The molecule has 1 unspecified atom stereocenters. The maximum Gasteiger partial charge on any atom is 0.490 e. The van der Waals surface area contributed by atoms with Crippen LogP contribution >= 0.6 is 0 Å². The number of hydrogen-bond donors (Lipinski definition) is 2. The number of aliphatic carboxylic acids is 2. The molecule has 210 valence electrons. The topological polar surface area (TPSA) is 116 Å². The van der Waals surface area contributed by atoms with Gasteiger partial charge in [0.25, 0.3) is 0 Å². The van der Waals surface area contributed by atoms with Gasteiger partial charge in [0.2, 0.25) is 0 Å². The molecule has 2 aromatic heterocycles. The third-order valence-corrected chi connectivity index (χ3v) is 5.54. The first-order valence-electron chi connectivity index (χ1n) is 11.2. The lowest BCUT2D eigenvalue weighted by Crippen LogP contribution is -2.40. The first kappa shape index (κ1) is 30.8. The Bertz CT molecular complexity index is 1000. The van der Waals surface area contributed by atoms with Crippen molar-refractivity contribution in [3.05, 3.63) is 54.5 Å². The summed E-state index contributed by atoms with van der Waals surface area (Å²) in [6, 6.07) is 10.3. The summed E-state index contributed by atoms with van der Waals surface area (Å²) in [5, 5.41) is 14.2. The van der Waals surface area contributed by atoms with E-state index in [1.165, 1.54) is 5.56 Å². The van der Waals surface area contributed by atoms with Crippen LogP contribution in [0, 0.1) is 5.41 Å². The zero-order chi connectivity index (χ0) is 28.4. The number of ether oxygens (including phenoxy) is 1. The molecule has 4 heterocycles. The van der Waals surface area contributed by atoms with E-state index in [1.54, 1.807) is 0 Å². The zero-order valence-electron chi connectivity index (χ0n) is 20.0. The first-order chi connectivity index (χ1) is 17.7. The molecule has 2 aliphatic heterocycles. The molecule has 4 rings (SSSR count). The monoisotopic (exact) mass is 552 g/mol. The molecule has 1 spiro atoms. The van der Waals surface area contributed by atoms with Gasteiger partial charge in [0.1, 0.15) is 5.82 Å². The zero-order valence-corrected chi connectivity index (χ0v) is 20.0. The lowest BCUT2D eigenvalue weighted by atomic mass is 9.87. The van der Waals surface area contributed by atoms with Crippen LogP contribution in [0.15, 0.2) is 48.9 Å². The van der Waals surface area contributed by atoms with Gasteiger partial charge >= 0.3 is 24.3 Å². The van der Waals surface area contributed by atoms with Gasteiger partial charge in [0, 0.05) is 56.7 Å². The van der Waals surface area contributed by atoms with E-state index < -0.39 is 24.3 Å². The number of aromatic nitrogens is 2. The molecular formula is C23H26F6N4O5. The van der Waals surface area contributed by atoms with Gasteiger partial charge in [-0.1, -0.05) is 12.1 Å². The summed E-state index contributed by atoms with van der Waals surface area (Å²) < 4.78 is 69.5. The number of halogens is 6. The van der Waals surface area contributed by atoms with Crippen molar-refractivity contribution in [3.8, 4) is 0 Å². The summed E-state index contributed by atoms with van der Waals surface area (Å²) in [4.78, 5) is 31.5. The van der Waals surface area contributed by atoms with Gasteiger partial charge in [0.05, 0.1) is 13.2 Å². The average molecular weight is 552 g/mol. The molecule has 2 aliphatic rings. The molecule has 2 aromatic rings. The molecule has 0 bridgehead atoms. The summed E-state index contributed by atoms with van der Waals surface area (Å²) in [5.41, 5.74) is 1.48. The van der Waals surface area contributed by atoms with Crippen molar-refractivity contribution in [1.29, 1.82) is 0 Å². The number of anilines is 1. The Balaban J connectivity index is 0.000000301. The number of carboxylic acids is 2. The van der Waals surface area contributed by atoms with Gasteiger partial charge < -0.3 is 19.8 Å². The number of hydrogen-bond acceptors (Lipinski definition) is 7. The third kappa shape index (κ3) is 10.1. The summed E-state index contributed by atoms with van der Waals surface area (Å²) in [6.07, 6.45) is -3.34. The van der Waals surface area contributed by atoms with Crippen LogP contribution in [0.2, 0.25) is 0 Å². The number of rotatable bonds is 3. The largest absolute Gasteiger partial charge is 0.490 e. The summed E-state index contributed by atoms with van der Waals surface area (Å²) in [7, 11) is 0. The fraction of sp³-hybridized carbons (Fsp3) is 0.478. The van der Waals surface area contributed by atoms with Gasteiger partial charge in [-0.25, -0.2) is 14.6 Å². The van der Waals surface area contributed by atoms with E-state index in [0.717, 1.165) is 58.2 Å². The molecule has 0 aliphatic carbocycles. The highest BCUT2D eigenvalue weighted by molar-refractivity contribution is 5.73. The maximum atomic E-state index is 10.6. The fourth-order valence-corrected chi connectivity index (χ4v) is 3.88. The second-order valence-electron chi connectivity index (χ2n) is 8.59. The fourth-order valence-electron chi connectivity index (χ4n) is 3.88. The highest BCUT2D eigenvalue weighted by Gasteiger charge is 2.41. The Morgan fingerprint density at radius 2 is 1.61 bits per heavy atom. The van der Waals surface area contributed by atoms with E-state index >= 15 is 0 Å². The summed E-state index contributed by atoms with van der Waals surface area (Å²) in [6.45, 7) is 6.74. The van der Waals surface area contributed by atoms with Crippen LogP contribution in [-0.4, -0.2) is 88.8 Å². The Morgan fingerprint density at radius 1 is 0.947 bits per heavy atom. The SMILES string of the molecule is O=C(O)C(F)(F)F.O=C(O)C(F)(F)F.c1ccc(N2CCC3(COCCN(Cc4cccnc4)C3)C2)nc1. The molecule has 2 fully saturated rings. The molecule has 38 heavy (non-hydrogen) atoms. The van der Waals surface area contributed by atoms with Crippen LogP contribution in [0.1, 0.15) is 12.0 Å². The molecule has 1 atom stereocenters. The van der Waals surface area contributed by atoms with Crippen molar-refractivity contribution in [2.75, 3.05) is 44.3 Å². The number of nitrogens with zero attached hydrogens (tertiary/aromatic N) is 4. The predicted octanol–water partition coefficient (Wildman–Crippen LogP) is 3.47. The Morgan fingerprint density at radius 3 is 2.13 bits per heavy atom. The molecule has 0 radical (unpaired) electrons. The number of carbonyl (C=O) groups is 2. The van der Waals surface area contributed by atoms with Crippen molar-refractivity contribution in [1.82, 2.24) is 14.9 Å². The Labute approximate surface area is 213 Å². The third-order valence-electron chi connectivity index (χ3n) is 5.54. The van der Waals surface area contributed by atoms with E-state index in [0.29, 0.717) is 0 Å². The normalized spacial score (nSPS) is 20.0. The molecule has 0 amide bonds. The molecule has 0 saturated carbocycles. The predicted molar refractivity (Wildman–Crippen MR) is 121 cm³/mol. The van der Waals surface area contributed by atoms with Gasteiger partial charge in [-0.15, -0.1) is 0 Å². The first-order valence-corrected chi connectivity index (χ1v) is 11.2. The van der Waals surface area contributed by atoms with Crippen molar-refractivity contribution in [2.24, 2.45) is 5.41 Å². The van der Waals surface area contributed by atoms with Crippen LogP contribution in [0.4, 0.5) is 32.2 Å². The molecule has 2 N–H and O–H groups in total. The van der Waals surface area contributed by atoms with E-state index in [1.807, 2.05) is 30.7 Å². The van der Waals surface area contributed by atoms with Gasteiger partial charge in [-0.05, 0) is 30.2 Å². The van der Waals surface area contributed by atoms with Crippen LogP contribution in [-0.2, 0) is 20.9 Å². The van der Waals surface area contributed by atoms with Crippen LogP contribution < -0.4 is 4.90 Å². The molecule has 9 nitrogen and oxygen atoms in total. The van der Waals surface area contributed by atoms with Crippen molar-refractivity contribution in [2.45, 2.75) is 25.3 Å². The lowest BCUT2D eigenvalue weighted by molar-refractivity contribution is -0.193. The minimum atomic E-state index is -5.08. The second-order valence-corrected chi connectivity index (χ2v) is 8.59. The van der Waals surface area contributed by atoms with Gasteiger partial charge in [-0.2, -0.15) is 26.3 Å². The van der Waals surface area contributed by atoms with Crippen molar-refractivity contribution in [3.63, 3.8) is 0 Å². The maximum absolute atomic E-state index is 10.6. The standard InChI is InChI=1S/C19H24N4O.2C2HF3O2/c1-2-8-21-18(5-1)23-9-6-19(15-23)14-22(10-11-24-16-19)13-17-4-3-7-20-12-17;2*3-2(4,5)1(6)7/h1-5,7-8,12H,6,9-11,13-16H2;2*(H,6,7). The summed E-state index contributed by atoms with van der Waals surface area (Å²) in [5.74, 6) is -4.43. The Hall–Kier alpha value is -3.46. The van der Waals surface area contributed by atoms with E-state index in [9.17, 15) is 26.3 Å². The van der Waals surface area contributed by atoms with Crippen LogP contribution in [0.3, 0.4) is 0 Å².